The Morgan fingerprint density at radius 3 is 2.60 bits per heavy atom. The van der Waals surface area contributed by atoms with Gasteiger partial charge in [-0.15, -0.1) is 0 Å². The van der Waals surface area contributed by atoms with E-state index in [0.717, 1.165) is 22.5 Å². The lowest BCUT2D eigenvalue weighted by molar-refractivity contribution is 0.0984. The number of aromatic nitrogens is 2. The standard InChI is InChI=1S/C19H16N4OS/c24-19(16-7-5-15(6-8-16)18-20-10-11-21-18)23-25-12-9-14-3-1-2-4-17(14)13-22-25/h1-13,25H,(H,20,21)(H,23,24). The number of amides is 1. The maximum Gasteiger partial charge on any atom is 0.261 e. The lowest BCUT2D eigenvalue weighted by Crippen LogP contribution is -2.18. The molecule has 1 aliphatic rings. The summed E-state index contributed by atoms with van der Waals surface area (Å²) < 4.78 is 7.48. The summed E-state index contributed by atoms with van der Waals surface area (Å²) in [4.78, 5) is 19.7. The third kappa shape index (κ3) is 3.39. The van der Waals surface area contributed by atoms with Gasteiger partial charge in [0.2, 0.25) is 0 Å². The predicted molar refractivity (Wildman–Crippen MR) is 104 cm³/mol. The van der Waals surface area contributed by atoms with E-state index in [9.17, 15) is 4.79 Å². The van der Waals surface area contributed by atoms with E-state index in [-0.39, 0.29) is 5.91 Å². The van der Waals surface area contributed by atoms with Crippen molar-refractivity contribution in [2.75, 3.05) is 0 Å². The molecule has 3 aromatic rings. The molecule has 1 unspecified atom stereocenters. The SMILES string of the molecule is O=C(N[SH]1C=Cc2ccccc2C=N1)c1ccc(-c2ncc[nH]2)cc1. The fraction of sp³-hybridized carbons (Fsp3) is 0. The summed E-state index contributed by atoms with van der Waals surface area (Å²) in [5.41, 5.74) is 3.70. The van der Waals surface area contributed by atoms with Crippen molar-refractivity contribution in [1.82, 2.24) is 14.7 Å². The highest BCUT2D eigenvalue weighted by molar-refractivity contribution is 8.17. The zero-order chi connectivity index (χ0) is 17.1. The summed E-state index contributed by atoms with van der Waals surface area (Å²) in [6.07, 6.45) is 7.30. The van der Waals surface area contributed by atoms with E-state index in [2.05, 4.69) is 19.1 Å². The van der Waals surface area contributed by atoms with Gasteiger partial charge in [-0.05, 0) is 29.2 Å². The quantitative estimate of drug-likeness (QED) is 0.631. The van der Waals surface area contributed by atoms with Crippen LogP contribution in [0.4, 0.5) is 0 Å². The molecule has 2 aromatic carbocycles. The molecule has 5 nitrogen and oxygen atoms in total. The summed E-state index contributed by atoms with van der Waals surface area (Å²) in [7, 11) is 0. The molecule has 1 aromatic heterocycles. The summed E-state index contributed by atoms with van der Waals surface area (Å²) in [5, 5.41) is 1.95. The van der Waals surface area contributed by atoms with Crippen molar-refractivity contribution >= 4 is 29.5 Å². The van der Waals surface area contributed by atoms with Crippen LogP contribution in [0.25, 0.3) is 17.5 Å². The summed E-state index contributed by atoms with van der Waals surface area (Å²) in [6, 6.07) is 15.4. The van der Waals surface area contributed by atoms with E-state index < -0.39 is 11.3 Å². The number of thiol groups is 1. The highest BCUT2D eigenvalue weighted by Crippen LogP contribution is 2.29. The first-order valence-corrected chi connectivity index (χ1v) is 9.17. The number of rotatable bonds is 3. The minimum absolute atomic E-state index is 0.134. The van der Waals surface area contributed by atoms with Gasteiger partial charge in [0.05, 0.1) is 0 Å². The highest BCUT2D eigenvalue weighted by atomic mass is 32.2. The molecule has 0 aliphatic carbocycles. The van der Waals surface area contributed by atoms with Gasteiger partial charge in [0.1, 0.15) is 5.82 Å². The maximum absolute atomic E-state index is 12.5. The van der Waals surface area contributed by atoms with Gasteiger partial charge >= 0.3 is 0 Å². The molecule has 1 amide bonds. The molecule has 0 spiro atoms. The van der Waals surface area contributed by atoms with E-state index in [0.29, 0.717) is 5.56 Å². The van der Waals surface area contributed by atoms with Crippen LogP contribution in [-0.2, 0) is 0 Å². The average Bonchev–Trinajstić information content (AvgIpc) is 3.12. The third-order valence-electron chi connectivity index (χ3n) is 3.85. The highest BCUT2D eigenvalue weighted by Gasteiger charge is 2.10. The van der Waals surface area contributed by atoms with Crippen molar-refractivity contribution in [1.29, 1.82) is 0 Å². The molecule has 0 saturated heterocycles. The number of imidazole rings is 1. The number of fused-ring (bicyclic) bond motifs is 1. The Kier molecular flexibility index (Phi) is 4.18. The Bertz CT molecular complexity index is 913. The number of hydrogen-bond acceptors (Lipinski definition) is 3. The second-order valence-electron chi connectivity index (χ2n) is 5.49. The monoisotopic (exact) mass is 348 g/mol. The number of benzene rings is 2. The Morgan fingerprint density at radius 1 is 1.04 bits per heavy atom. The molecule has 6 heteroatoms. The van der Waals surface area contributed by atoms with Crippen molar-refractivity contribution < 1.29 is 4.79 Å². The topological polar surface area (TPSA) is 70.1 Å². The third-order valence-corrected chi connectivity index (χ3v) is 5.08. The average molecular weight is 348 g/mol. The van der Waals surface area contributed by atoms with Crippen molar-refractivity contribution in [3.05, 3.63) is 83.0 Å². The molecule has 0 saturated carbocycles. The zero-order valence-corrected chi connectivity index (χ0v) is 14.1. The Labute approximate surface area is 148 Å². The fourth-order valence-corrected chi connectivity index (χ4v) is 3.63. The van der Waals surface area contributed by atoms with Gasteiger partial charge in [0.25, 0.3) is 5.91 Å². The molecule has 1 aliphatic heterocycles. The van der Waals surface area contributed by atoms with E-state index in [1.807, 2.05) is 54.1 Å². The minimum atomic E-state index is -1.08. The Hall–Kier alpha value is -3.12. The predicted octanol–water partition coefficient (Wildman–Crippen LogP) is 3.74. The first-order valence-electron chi connectivity index (χ1n) is 7.81. The van der Waals surface area contributed by atoms with Gasteiger partial charge in [0.15, 0.2) is 0 Å². The Morgan fingerprint density at radius 2 is 1.84 bits per heavy atom. The molecule has 25 heavy (non-hydrogen) atoms. The number of carbonyl (C=O) groups is 1. The minimum Gasteiger partial charge on any atom is -0.345 e. The van der Waals surface area contributed by atoms with Crippen LogP contribution in [-0.4, -0.2) is 22.1 Å². The van der Waals surface area contributed by atoms with Crippen LogP contribution in [0.3, 0.4) is 0 Å². The van der Waals surface area contributed by atoms with Crippen LogP contribution in [0.5, 0.6) is 0 Å². The smallest absolute Gasteiger partial charge is 0.261 e. The van der Waals surface area contributed by atoms with Crippen LogP contribution in [0.2, 0.25) is 0 Å². The van der Waals surface area contributed by atoms with Crippen LogP contribution < -0.4 is 4.72 Å². The van der Waals surface area contributed by atoms with E-state index in [1.54, 1.807) is 24.5 Å². The number of carbonyl (C=O) groups excluding carboxylic acids is 1. The van der Waals surface area contributed by atoms with Crippen LogP contribution in [0.15, 0.2) is 70.7 Å². The van der Waals surface area contributed by atoms with Crippen molar-refractivity contribution in [3.63, 3.8) is 0 Å². The molecule has 0 radical (unpaired) electrons. The van der Waals surface area contributed by atoms with Gasteiger partial charge in [0, 0.05) is 35.3 Å². The molecular formula is C19H16N4OS. The maximum atomic E-state index is 12.5. The van der Waals surface area contributed by atoms with E-state index in [4.69, 9.17) is 0 Å². The molecule has 2 N–H and O–H groups in total. The molecule has 124 valence electrons. The van der Waals surface area contributed by atoms with Crippen LogP contribution in [0.1, 0.15) is 21.5 Å². The largest absolute Gasteiger partial charge is 0.345 e. The second-order valence-corrected chi connectivity index (χ2v) is 6.93. The molecule has 4 rings (SSSR count). The fourth-order valence-electron chi connectivity index (χ4n) is 2.53. The summed E-state index contributed by atoms with van der Waals surface area (Å²) in [6.45, 7) is 0. The van der Waals surface area contributed by atoms with Gasteiger partial charge in [-0.1, -0.05) is 47.7 Å². The summed E-state index contributed by atoms with van der Waals surface area (Å²) in [5.74, 6) is 0.648. The first-order chi connectivity index (χ1) is 12.3. The lowest BCUT2D eigenvalue weighted by Gasteiger charge is -2.13. The number of aromatic amines is 1. The molecular weight excluding hydrogens is 332 g/mol. The Balaban J connectivity index is 1.47. The van der Waals surface area contributed by atoms with Gasteiger partial charge in [-0.2, -0.15) is 0 Å². The van der Waals surface area contributed by atoms with Crippen molar-refractivity contribution in [2.24, 2.45) is 4.40 Å². The van der Waals surface area contributed by atoms with Crippen molar-refractivity contribution in [3.8, 4) is 11.4 Å². The van der Waals surface area contributed by atoms with E-state index >= 15 is 0 Å². The van der Waals surface area contributed by atoms with Gasteiger partial charge in [-0.25, -0.2) is 9.38 Å². The van der Waals surface area contributed by atoms with E-state index in [1.165, 1.54) is 0 Å². The lowest BCUT2D eigenvalue weighted by atomic mass is 10.1. The van der Waals surface area contributed by atoms with Gasteiger partial charge < -0.3 is 4.98 Å². The number of nitrogens with zero attached hydrogens (tertiary/aromatic N) is 2. The molecule has 0 fully saturated rings. The van der Waals surface area contributed by atoms with Crippen molar-refractivity contribution in [2.45, 2.75) is 0 Å². The number of nitrogens with one attached hydrogen (secondary N) is 2. The molecule has 1 atom stereocenters. The summed E-state index contributed by atoms with van der Waals surface area (Å²) >= 11 is -1.08. The normalized spacial score (nSPS) is 16.9. The van der Waals surface area contributed by atoms with Crippen LogP contribution >= 0.6 is 11.3 Å². The van der Waals surface area contributed by atoms with Crippen LogP contribution in [0, 0.1) is 0 Å². The number of H-pyrrole nitrogens is 1. The second kappa shape index (κ2) is 6.78. The zero-order valence-electron chi connectivity index (χ0n) is 13.3. The molecule has 2 heterocycles. The van der Waals surface area contributed by atoms with Gasteiger partial charge in [-0.3, -0.25) is 9.52 Å². The first kappa shape index (κ1) is 15.4. The number of hydrogen-bond donors (Lipinski definition) is 3. The molecule has 0 bridgehead atoms.